The minimum atomic E-state index is -0.513. The summed E-state index contributed by atoms with van der Waals surface area (Å²) < 4.78 is 5.49. The Morgan fingerprint density at radius 2 is 2.13 bits per heavy atom. The van der Waals surface area contributed by atoms with E-state index in [4.69, 9.17) is 16.3 Å². The van der Waals surface area contributed by atoms with Crippen molar-refractivity contribution in [1.82, 2.24) is 10.6 Å². The van der Waals surface area contributed by atoms with Gasteiger partial charge in [0.25, 0.3) is 0 Å². The van der Waals surface area contributed by atoms with Crippen LogP contribution in [0.1, 0.15) is 31.2 Å². The van der Waals surface area contributed by atoms with E-state index in [2.05, 4.69) is 10.6 Å². The largest absolute Gasteiger partial charge is 0.381 e. The highest BCUT2D eigenvalue weighted by atomic mass is 35.5. The minimum Gasteiger partial charge on any atom is -0.381 e. The van der Waals surface area contributed by atoms with Crippen LogP contribution in [0.25, 0.3) is 0 Å². The summed E-state index contributed by atoms with van der Waals surface area (Å²) in [6, 6.07) is 7.92. The number of amides is 1. The Hall–Kier alpha value is -0.810. The van der Waals surface area contributed by atoms with E-state index in [0.717, 1.165) is 31.5 Å². The number of ether oxygens (including phenoxy) is 1. The maximum atomic E-state index is 13.1. The van der Waals surface area contributed by atoms with E-state index in [1.54, 1.807) is 0 Å². The Morgan fingerprint density at radius 3 is 2.78 bits per heavy atom. The Morgan fingerprint density at radius 1 is 1.35 bits per heavy atom. The molecular weight excluding hydrogens is 335 g/mol. The van der Waals surface area contributed by atoms with Crippen LogP contribution in [0.15, 0.2) is 24.3 Å². The maximum absolute atomic E-state index is 13.1. The van der Waals surface area contributed by atoms with E-state index in [1.807, 2.05) is 24.3 Å². The van der Waals surface area contributed by atoms with Crippen molar-refractivity contribution in [1.29, 1.82) is 0 Å². The summed E-state index contributed by atoms with van der Waals surface area (Å²) in [5.41, 5.74) is 0.491. The van der Waals surface area contributed by atoms with Gasteiger partial charge in [0.15, 0.2) is 0 Å². The van der Waals surface area contributed by atoms with Gasteiger partial charge in [-0.05, 0) is 49.9 Å². The molecule has 2 saturated heterocycles. The van der Waals surface area contributed by atoms with Gasteiger partial charge in [-0.25, -0.2) is 0 Å². The predicted molar refractivity (Wildman–Crippen MR) is 94.5 cm³/mol. The normalized spacial score (nSPS) is 23.6. The topological polar surface area (TPSA) is 50.4 Å². The molecule has 1 unspecified atom stereocenters. The summed E-state index contributed by atoms with van der Waals surface area (Å²) in [4.78, 5) is 13.1. The van der Waals surface area contributed by atoms with Crippen molar-refractivity contribution >= 4 is 29.9 Å². The number of hydrogen-bond donors (Lipinski definition) is 2. The Labute approximate surface area is 148 Å². The molecular formula is C17H24Cl2N2O2. The monoisotopic (exact) mass is 358 g/mol. The van der Waals surface area contributed by atoms with E-state index in [1.165, 1.54) is 0 Å². The third kappa shape index (κ3) is 4.18. The SMILES string of the molecule is Cl.O=C(NC1CCCNC1)C1(c2cccc(Cl)c2)CCOCC1. The highest BCUT2D eigenvalue weighted by molar-refractivity contribution is 6.30. The van der Waals surface area contributed by atoms with Crippen molar-refractivity contribution in [3.05, 3.63) is 34.9 Å². The fourth-order valence-electron chi connectivity index (χ4n) is 3.45. The second-order valence-corrected chi connectivity index (χ2v) is 6.66. The summed E-state index contributed by atoms with van der Waals surface area (Å²) >= 11 is 6.15. The van der Waals surface area contributed by atoms with Crippen molar-refractivity contribution in [2.24, 2.45) is 0 Å². The van der Waals surface area contributed by atoms with Crippen LogP contribution in [-0.2, 0) is 14.9 Å². The summed E-state index contributed by atoms with van der Waals surface area (Å²) in [6.45, 7) is 3.12. The molecule has 1 aromatic rings. The molecule has 0 saturated carbocycles. The van der Waals surface area contributed by atoms with Gasteiger partial charge in [0.1, 0.15) is 0 Å². The van der Waals surface area contributed by atoms with Crippen LogP contribution in [0, 0.1) is 0 Å². The number of carbonyl (C=O) groups is 1. The van der Waals surface area contributed by atoms with Crippen LogP contribution >= 0.6 is 24.0 Å². The lowest BCUT2D eigenvalue weighted by Gasteiger charge is -2.38. The predicted octanol–water partition coefficient (Wildman–Crippen LogP) is 2.68. The van der Waals surface area contributed by atoms with Crippen molar-refractivity contribution < 1.29 is 9.53 Å². The zero-order chi connectivity index (χ0) is 15.4. The zero-order valence-corrected chi connectivity index (χ0v) is 14.7. The van der Waals surface area contributed by atoms with Gasteiger partial charge >= 0.3 is 0 Å². The van der Waals surface area contributed by atoms with Crippen molar-refractivity contribution in [3.8, 4) is 0 Å². The molecule has 0 aromatic heterocycles. The number of rotatable bonds is 3. The quantitative estimate of drug-likeness (QED) is 0.873. The van der Waals surface area contributed by atoms with Crippen LogP contribution in [0.4, 0.5) is 0 Å². The van der Waals surface area contributed by atoms with Crippen molar-refractivity contribution in [2.45, 2.75) is 37.1 Å². The molecule has 0 aliphatic carbocycles. The molecule has 2 heterocycles. The first-order valence-corrected chi connectivity index (χ1v) is 8.44. The number of halogens is 2. The third-order valence-electron chi connectivity index (χ3n) is 4.79. The first kappa shape index (κ1) is 18.5. The summed E-state index contributed by atoms with van der Waals surface area (Å²) in [5, 5.41) is 7.27. The Kier molecular flexibility index (Phi) is 6.72. The zero-order valence-electron chi connectivity index (χ0n) is 13.1. The molecule has 2 N–H and O–H groups in total. The smallest absolute Gasteiger partial charge is 0.231 e. The lowest BCUT2D eigenvalue weighted by atomic mass is 9.73. The van der Waals surface area contributed by atoms with Crippen molar-refractivity contribution in [2.75, 3.05) is 26.3 Å². The number of piperidine rings is 1. The van der Waals surface area contributed by atoms with Gasteiger partial charge in [0.2, 0.25) is 5.91 Å². The van der Waals surface area contributed by atoms with Crippen molar-refractivity contribution in [3.63, 3.8) is 0 Å². The molecule has 2 aliphatic heterocycles. The number of nitrogens with one attached hydrogen (secondary N) is 2. The number of carbonyl (C=O) groups excluding carboxylic acids is 1. The third-order valence-corrected chi connectivity index (χ3v) is 5.03. The fraction of sp³-hybridized carbons (Fsp3) is 0.588. The highest BCUT2D eigenvalue weighted by Crippen LogP contribution is 2.36. The van der Waals surface area contributed by atoms with Crippen LogP contribution in [0.2, 0.25) is 5.02 Å². The lowest BCUT2D eigenvalue weighted by Crippen LogP contribution is -2.54. The average molecular weight is 359 g/mol. The molecule has 1 atom stereocenters. The molecule has 3 rings (SSSR count). The Balaban J connectivity index is 0.00000192. The van der Waals surface area contributed by atoms with Crippen LogP contribution in [0.5, 0.6) is 0 Å². The molecule has 2 aliphatic rings. The van der Waals surface area contributed by atoms with Gasteiger partial charge in [-0.2, -0.15) is 0 Å². The van der Waals surface area contributed by atoms with E-state index in [9.17, 15) is 4.79 Å². The second-order valence-electron chi connectivity index (χ2n) is 6.22. The number of hydrogen-bond acceptors (Lipinski definition) is 3. The maximum Gasteiger partial charge on any atom is 0.231 e. The first-order valence-electron chi connectivity index (χ1n) is 8.06. The second kappa shape index (κ2) is 8.34. The number of benzene rings is 1. The summed E-state index contributed by atoms with van der Waals surface area (Å²) in [7, 11) is 0. The van der Waals surface area contributed by atoms with Gasteiger partial charge < -0.3 is 15.4 Å². The van der Waals surface area contributed by atoms with E-state index in [0.29, 0.717) is 31.1 Å². The Bertz CT molecular complexity index is 527. The standard InChI is InChI=1S/C17H23ClN2O2.ClH/c18-14-4-1-3-13(11-14)17(6-9-22-10-7-17)16(21)20-15-5-2-8-19-12-15;/h1,3-4,11,15,19H,2,5-10,12H2,(H,20,21);1H. The van der Waals surface area contributed by atoms with Crippen LogP contribution in [-0.4, -0.2) is 38.3 Å². The summed E-state index contributed by atoms with van der Waals surface area (Å²) in [6.07, 6.45) is 3.57. The lowest BCUT2D eigenvalue weighted by molar-refractivity contribution is -0.131. The average Bonchev–Trinajstić information content (AvgIpc) is 2.56. The van der Waals surface area contributed by atoms with E-state index in [-0.39, 0.29) is 24.4 Å². The fourth-order valence-corrected chi connectivity index (χ4v) is 3.64. The van der Waals surface area contributed by atoms with Gasteiger partial charge in [0, 0.05) is 30.8 Å². The van der Waals surface area contributed by atoms with Gasteiger partial charge in [-0.1, -0.05) is 23.7 Å². The highest BCUT2D eigenvalue weighted by Gasteiger charge is 2.42. The minimum absolute atomic E-state index is 0. The van der Waals surface area contributed by atoms with Gasteiger partial charge in [0.05, 0.1) is 5.41 Å². The van der Waals surface area contributed by atoms with E-state index >= 15 is 0 Å². The molecule has 23 heavy (non-hydrogen) atoms. The van der Waals surface area contributed by atoms with Crippen LogP contribution < -0.4 is 10.6 Å². The molecule has 0 spiro atoms. The van der Waals surface area contributed by atoms with Gasteiger partial charge in [-0.15, -0.1) is 12.4 Å². The van der Waals surface area contributed by atoms with E-state index < -0.39 is 5.41 Å². The van der Waals surface area contributed by atoms with Gasteiger partial charge in [-0.3, -0.25) is 4.79 Å². The molecule has 128 valence electrons. The summed E-state index contributed by atoms with van der Waals surface area (Å²) in [5.74, 6) is 0.117. The molecule has 1 amide bonds. The molecule has 1 aromatic carbocycles. The molecule has 0 bridgehead atoms. The molecule has 2 fully saturated rings. The molecule has 0 radical (unpaired) electrons. The molecule has 4 nitrogen and oxygen atoms in total. The molecule has 6 heteroatoms. The van der Waals surface area contributed by atoms with Crippen LogP contribution in [0.3, 0.4) is 0 Å². The first-order chi connectivity index (χ1) is 10.7.